The summed E-state index contributed by atoms with van der Waals surface area (Å²) in [6.45, 7) is 0.748. The van der Waals surface area contributed by atoms with Gasteiger partial charge in [-0.1, -0.05) is 35.5 Å². The molecular weight excluding hydrogens is 216 g/mol. The first-order valence-corrected chi connectivity index (χ1v) is 5.81. The van der Waals surface area contributed by atoms with E-state index < -0.39 is 0 Å². The SMILES string of the molecule is CN1CCC2ON=C(c3ccccc3)C2C1=O. The van der Waals surface area contributed by atoms with Crippen LogP contribution in [0.4, 0.5) is 0 Å². The number of benzene rings is 1. The van der Waals surface area contributed by atoms with Gasteiger partial charge in [0.05, 0.1) is 0 Å². The molecule has 2 aliphatic rings. The number of fused-ring (bicyclic) bond motifs is 1. The van der Waals surface area contributed by atoms with Crippen molar-refractivity contribution in [2.24, 2.45) is 11.1 Å². The minimum atomic E-state index is -0.226. The van der Waals surface area contributed by atoms with Crippen molar-refractivity contribution in [3.05, 3.63) is 35.9 Å². The third-order valence-corrected chi connectivity index (χ3v) is 3.41. The lowest BCUT2D eigenvalue weighted by molar-refractivity contribution is -0.139. The van der Waals surface area contributed by atoms with Gasteiger partial charge >= 0.3 is 0 Å². The van der Waals surface area contributed by atoms with Gasteiger partial charge in [-0.25, -0.2) is 0 Å². The average Bonchev–Trinajstić information content (AvgIpc) is 2.79. The van der Waals surface area contributed by atoms with Crippen LogP contribution in [0, 0.1) is 5.92 Å². The Morgan fingerprint density at radius 3 is 2.88 bits per heavy atom. The minimum absolute atomic E-state index is 0.0751. The zero-order chi connectivity index (χ0) is 11.8. The highest BCUT2D eigenvalue weighted by atomic mass is 16.6. The van der Waals surface area contributed by atoms with Crippen LogP contribution in [0.15, 0.2) is 35.5 Å². The normalized spacial score (nSPS) is 27.5. The zero-order valence-electron chi connectivity index (χ0n) is 9.67. The van der Waals surface area contributed by atoms with Gasteiger partial charge in [-0.15, -0.1) is 0 Å². The Kier molecular flexibility index (Phi) is 2.35. The number of amides is 1. The van der Waals surface area contributed by atoms with Crippen LogP contribution in [0.25, 0.3) is 0 Å². The standard InChI is InChI=1S/C13H14N2O2/c1-15-8-7-10-11(13(15)16)12(14-17-10)9-5-3-2-4-6-9/h2-6,10-11H,7-8H2,1H3. The third-order valence-electron chi connectivity index (χ3n) is 3.41. The van der Waals surface area contributed by atoms with Gasteiger partial charge < -0.3 is 9.74 Å². The van der Waals surface area contributed by atoms with Crippen molar-refractivity contribution >= 4 is 11.6 Å². The molecule has 2 aliphatic heterocycles. The first-order valence-electron chi connectivity index (χ1n) is 5.81. The summed E-state index contributed by atoms with van der Waals surface area (Å²) in [5.41, 5.74) is 1.75. The van der Waals surface area contributed by atoms with Gasteiger partial charge in [0, 0.05) is 25.6 Å². The van der Waals surface area contributed by atoms with Crippen molar-refractivity contribution in [1.82, 2.24) is 4.90 Å². The average molecular weight is 230 g/mol. The van der Waals surface area contributed by atoms with Crippen LogP contribution in [0.1, 0.15) is 12.0 Å². The van der Waals surface area contributed by atoms with E-state index in [9.17, 15) is 4.79 Å². The van der Waals surface area contributed by atoms with Gasteiger partial charge in [0.15, 0.2) is 0 Å². The number of oxime groups is 1. The van der Waals surface area contributed by atoms with E-state index >= 15 is 0 Å². The summed E-state index contributed by atoms with van der Waals surface area (Å²) in [7, 11) is 1.83. The smallest absolute Gasteiger partial charge is 0.235 e. The molecule has 0 aromatic heterocycles. The molecule has 1 aromatic carbocycles. The van der Waals surface area contributed by atoms with E-state index in [1.165, 1.54) is 0 Å². The predicted octanol–water partition coefficient (Wildman–Crippen LogP) is 1.27. The van der Waals surface area contributed by atoms with Gasteiger partial charge in [-0.2, -0.15) is 0 Å². The second-order valence-corrected chi connectivity index (χ2v) is 4.51. The number of hydrogen-bond acceptors (Lipinski definition) is 3. The predicted molar refractivity (Wildman–Crippen MR) is 63.6 cm³/mol. The molecule has 2 unspecified atom stereocenters. The molecule has 4 nitrogen and oxygen atoms in total. The maximum Gasteiger partial charge on any atom is 0.235 e. The Labute approximate surface area is 99.9 Å². The molecule has 3 rings (SSSR count). The summed E-state index contributed by atoms with van der Waals surface area (Å²) in [4.78, 5) is 19.3. The second kappa shape index (κ2) is 3.87. The fraction of sp³-hybridized carbons (Fsp3) is 0.385. The number of carbonyl (C=O) groups is 1. The molecule has 2 heterocycles. The lowest BCUT2D eigenvalue weighted by Crippen LogP contribution is -2.47. The van der Waals surface area contributed by atoms with E-state index in [-0.39, 0.29) is 17.9 Å². The molecule has 0 saturated carbocycles. The third kappa shape index (κ3) is 1.60. The van der Waals surface area contributed by atoms with Crippen molar-refractivity contribution < 1.29 is 9.63 Å². The fourth-order valence-corrected chi connectivity index (χ4v) is 2.42. The fourth-order valence-electron chi connectivity index (χ4n) is 2.42. The monoisotopic (exact) mass is 230 g/mol. The Morgan fingerprint density at radius 2 is 2.12 bits per heavy atom. The van der Waals surface area contributed by atoms with Crippen LogP contribution in [-0.4, -0.2) is 36.2 Å². The maximum absolute atomic E-state index is 12.2. The van der Waals surface area contributed by atoms with E-state index in [2.05, 4.69) is 5.16 Å². The van der Waals surface area contributed by atoms with Gasteiger partial charge in [0.2, 0.25) is 5.91 Å². The van der Waals surface area contributed by atoms with Crippen LogP contribution in [0.2, 0.25) is 0 Å². The molecule has 1 fully saturated rings. The molecule has 0 radical (unpaired) electrons. The summed E-state index contributed by atoms with van der Waals surface area (Å²) in [5.74, 6) is -0.113. The Bertz CT molecular complexity index is 470. The number of nitrogens with zero attached hydrogens (tertiary/aromatic N) is 2. The van der Waals surface area contributed by atoms with Crippen molar-refractivity contribution in [2.45, 2.75) is 12.5 Å². The summed E-state index contributed by atoms with van der Waals surface area (Å²) >= 11 is 0. The number of piperidine rings is 1. The molecule has 0 N–H and O–H groups in total. The van der Waals surface area contributed by atoms with Gasteiger partial charge in [-0.05, 0) is 0 Å². The number of hydrogen-bond donors (Lipinski definition) is 0. The van der Waals surface area contributed by atoms with E-state index in [0.717, 1.165) is 24.2 Å². The number of rotatable bonds is 1. The van der Waals surface area contributed by atoms with Crippen LogP contribution < -0.4 is 0 Å². The lowest BCUT2D eigenvalue weighted by atomic mass is 9.87. The first-order chi connectivity index (χ1) is 8.27. The Hall–Kier alpha value is -1.84. The Morgan fingerprint density at radius 1 is 1.35 bits per heavy atom. The molecule has 1 aromatic rings. The van der Waals surface area contributed by atoms with Crippen molar-refractivity contribution in [1.29, 1.82) is 0 Å². The summed E-state index contributed by atoms with van der Waals surface area (Å²) < 4.78 is 0. The van der Waals surface area contributed by atoms with Crippen LogP contribution in [0.5, 0.6) is 0 Å². The Balaban J connectivity index is 1.95. The zero-order valence-corrected chi connectivity index (χ0v) is 9.67. The topological polar surface area (TPSA) is 41.9 Å². The quantitative estimate of drug-likeness (QED) is 0.729. The maximum atomic E-state index is 12.2. The highest BCUT2D eigenvalue weighted by Gasteiger charge is 2.44. The van der Waals surface area contributed by atoms with Crippen LogP contribution in [0.3, 0.4) is 0 Å². The molecule has 0 bridgehead atoms. The van der Waals surface area contributed by atoms with E-state index in [1.54, 1.807) is 4.90 Å². The van der Waals surface area contributed by atoms with Gasteiger partial charge in [-0.3, -0.25) is 4.79 Å². The molecule has 17 heavy (non-hydrogen) atoms. The van der Waals surface area contributed by atoms with Crippen LogP contribution in [-0.2, 0) is 9.63 Å². The van der Waals surface area contributed by atoms with Gasteiger partial charge in [0.25, 0.3) is 0 Å². The molecule has 2 atom stereocenters. The van der Waals surface area contributed by atoms with Gasteiger partial charge in [0.1, 0.15) is 17.7 Å². The van der Waals surface area contributed by atoms with Crippen molar-refractivity contribution in [3.8, 4) is 0 Å². The minimum Gasteiger partial charge on any atom is -0.391 e. The molecular formula is C13H14N2O2. The number of likely N-dealkylation sites (tertiary alicyclic amines) is 1. The number of carbonyl (C=O) groups excluding carboxylic acids is 1. The van der Waals surface area contributed by atoms with Crippen LogP contribution >= 0.6 is 0 Å². The molecule has 1 saturated heterocycles. The molecule has 4 heteroatoms. The molecule has 0 aliphatic carbocycles. The second-order valence-electron chi connectivity index (χ2n) is 4.51. The van der Waals surface area contributed by atoms with E-state index in [1.807, 2.05) is 37.4 Å². The largest absolute Gasteiger partial charge is 0.391 e. The highest BCUT2D eigenvalue weighted by Crippen LogP contribution is 2.30. The summed E-state index contributed by atoms with van der Waals surface area (Å²) in [6.07, 6.45) is 0.779. The van der Waals surface area contributed by atoms with Crippen molar-refractivity contribution in [3.63, 3.8) is 0 Å². The van der Waals surface area contributed by atoms with E-state index in [4.69, 9.17) is 4.84 Å². The van der Waals surface area contributed by atoms with Crippen molar-refractivity contribution in [2.75, 3.05) is 13.6 Å². The summed E-state index contributed by atoms with van der Waals surface area (Å²) in [6, 6.07) is 9.77. The first kappa shape index (κ1) is 10.3. The lowest BCUT2D eigenvalue weighted by Gasteiger charge is -2.30. The summed E-state index contributed by atoms with van der Waals surface area (Å²) in [5, 5.41) is 4.10. The molecule has 88 valence electrons. The molecule has 0 spiro atoms. The molecule has 1 amide bonds. The highest BCUT2D eigenvalue weighted by molar-refractivity contribution is 6.14. The van der Waals surface area contributed by atoms with E-state index in [0.29, 0.717) is 0 Å².